The van der Waals surface area contributed by atoms with Crippen molar-refractivity contribution in [2.75, 3.05) is 55.7 Å². The highest BCUT2D eigenvalue weighted by Gasteiger charge is 2.45. The summed E-state index contributed by atoms with van der Waals surface area (Å²) >= 11 is 6.44. The summed E-state index contributed by atoms with van der Waals surface area (Å²) in [4.78, 5) is 30.5. The summed E-state index contributed by atoms with van der Waals surface area (Å²) in [5.74, 6) is -2.00. The summed E-state index contributed by atoms with van der Waals surface area (Å²) < 4.78 is 53.7. The third-order valence-electron chi connectivity index (χ3n) is 8.42. The van der Waals surface area contributed by atoms with Crippen molar-refractivity contribution in [3.05, 3.63) is 58.7 Å². The fraction of sp³-hybridized carbons (Fsp3) is 0.469. The fourth-order valence-electron chi connectivity index (χ4n) is 6.20. The van der Waals surface area contributed by atoms with Gasteiger partial charge < -0.3 is 19.3 Å². The number of nitrogens with zero attached hydrogens (tertiary/aromatic N) is 5. The summed E-state index contributed by atoms with van der Waals surface area (Å²) in [5, 5.41) is 4.47. The zero-order chi connectivity index (χ0) is 32.3. The van der Waals surface area contributed by atoms with Gasteiger partial charge in [0.2, 0.25) is 0 Å². The molecular formula is C32H37ClF3N5O4. The Morgan fingerprint density at radius 3 is 2.40 bits per heavy atom. The van der Waals surface area contributed by atoms with E-state index in [2.05, 4.69) is 53.0 Å². The number of rotatable bonds is 9. The van der Waals surface area contributed by atoms with Crippen molar-refractivity contribution in [3.8, 4) is 17.0 Å². The number of piperazine rings is 1. The first-order valence-electron chi connectivity index (χ1n) is 15.1. The Morgan fingerprint density at radius 1 is 1.07 bits per heavy atom. The SMILES string of the molecule is CCOC(=O)c1c(OC=O)nn(C2CCCN(c3cc(Cl)ccc3-c3ccc(N4CCN(C(C)C)CC4)cc3)C2)c1C(F)(F)F. The minimum Gasteiger partial charge on any atom is -0.462 e. The number of aromatic nitrogens is 2. The quantitative estimate of drug-likeness (QED) is 0.198. The summed E-state index contributed by atoms with van der Waals surface area (Å²) in [6.45, 7) is 10.3. The number of carbonyl (C=O) groups excluding carboxylic acids is 2. The molecule has 45 heavy (non-hydrogen) atoms. The Labute approximate surface area is 265 Å². The minimum atomic E-state index is -4.97. The van der Waals surface area contributed by atoms with E-state index < -0.39 is 35.3 Å². The number of benzene rings is 2. The predicted octanol–water partition coefficient (Wildman–Crippen LogP) is 6.31. The summed E-state index contributed by atoms with van der Waals surface area (Å²) in [6.07, 6.45) is -4.06. The first-order chi connectivity index (χ1) is 21.5. The Bertz CT molecular complexity index is 1500. The average molecular weight is 648 g/mol. The van der Waals surface area contributed by atoms with E-state index in [1.807, 2.05) is 17.0 Å². The molecule has 13 heteroatoms. The number of piperidine rings is 1. The van der Waals surface area contributed by atoms with E-state index in [1.54, 1.807) is 6.07 Å². The van der Waals surface area contributed by atoms with Gasteiger partial charge in [-0.2, -0.15) is 13.2 Å². The van der Waals surface area contributed by atoms with Crippen LogP contribution >= 0.6 is 11.6 Å². The highest BCUT2D eigenvalue weighted by molar-refractivity contribution is 6.31. The molecule has 1 aromatic heterocycles. The van der Waals surface area contributed by atoms with E-state index in [4.69, 9.17) is 21.1 Å². The average Bonchev–Trinajstić information content (AvgIpc) is 3.42. The number of hydrogen-bond donors (Lipinski definition) is 0. The molecule has 2 aliphatic heterocycles. The molecule has 0 N–H and O–H groups in total. The zero-order valence-electron chi connectivity index (χ0n) is 25.5. The number of esters is 1. The van der Waals surface area contributed by atoms with Crippen LogP contribution < -0.4 is 14.5 Å². The highest BCUT2D eigenvalue weighted by atomic mass is 35.5. The van der Waals surface area contributed by atoms with Crippen molar-refractivity contribution in [3.63, 3.8) is 0 Å². The number of hydrogen-bond acceptors (Lipinski definition) is 8. The van der Waals surface area contributed by atoms with Gasteiger partial charge in [-0.05, 0) is 63.4 Å². The Hall–Kier alpha value is -3.77. The van der Waals surface area contributed by atoms with Crippen LogP contribution in [0, 0.1) is 0 Å². The molecule has 5 rings (SSSR count). The Balaban J connectivity index is 1.44. The lowest BCUT2D eigenvalue weighted by Crippen LogP contribution is -2.48. The second-order valence-electron chi connectivity index (χ2n) is 11.5. The fourth-order valence-corrected chi connectivity index (χ4v) is 6.36. The molecule has 2 aromatic carbocycles. The molecule has 0 aliphatic carbocycles. The van der Waals surface area contributed by atoms with Crippen LogP contribution in [-0.2, 0) is 15.7 Å². The lowest BCUT2D eigenvalue weighted by atomic mass is 9.99. The third-order valence-corrected chi connectivity index (χ3v) is 8.65. The Morgan fingerprint density at radius 2 is 1.78 bits per heavy atom. The molecule has 2 saturated heterocycles. The van der Waals surface area contributed by atoms with Crippen molar-refractivity contribution in [2.45, 2.75) is 51.9 Å². The van der Waals surface area contributed by atoms with E-state index in [-0.39, 0.29) is 19.6 Å². The maximum Gasteiger partial charge on any atom is 0.434 e. The summed E-state index contributed by atoms with van der Waals surface area (Å²) in [6, 6.07) is 13.6. The number of alkyl halides is 3. The van der Waals surface area contributed by atoms with Crippen LogP contribution in [0.5, 0.6) is 5.88 Å². The van der Waals surface area contributed by atoms with Gasteiger partial charge in [0.25, 0.3) is 12.4 Å². The third kappa shape index (κ3) is 7.06. The molecule has 0 amide bonds. The molecule has 242 valence electrons. The van der Waals surface area contributed by atoms with E-state index >= 15 is 0 Å². The molecule has 0 bridgehead atoms. The molecule has 0 radical (unpaired) electrons. The van der Waals surface area contributed by atoms with Gasteiger partial charge in [0, 0.05) is 67.3 Å². The number of carbonyl (C=O) groups is 2. The predicted molar refractivity (Wildman–Crippen MR) is 166 cm³/mol. The second-order valence-corrected chi connectivity index (χ2v) is 11.9. The van der Waals surface area contributed by atoms with Crippen LogP contribution in [-0.4, -0.2) is 79.0 Å². The number of halogens is 4. The van der Waals surface area contributed by atoms with E-state index in [0.717, 1.165) is 53.4 Å². The van der Waals surface area contributed by atoms with Crippen LogP contribution in [0.3, 0.4) is 0 Å². The van der Waals surface area contributed by atoms with Gasteiger partial charge in [0.1, 0.15) is 0 Å². The molecule has 3 heterocycles. The van der Waals surface area contributed by atoms with Crippen LogP contribution in [0.25, 0.3) is 11.1 Å². The smallest absolute Gasteiger partial charge is 0.434 e. The lowest BCUT2D eigenvalue weighted by Gasteiger charge is -2.38. The van der Waals surface area contributed by atoms with Crippen molar-refractivity contribution in [1.82, 2.24) is 14.7 Å². The van der Waals surface area contributed by atoms with Gasteiger partial charge in [-0.15, -0.1) is 5.10 Å². The molecule has 0 saturated carbocycles. The topological polar surface area (TPSA) is 80.1 Å². The molecule has 2 fully saturated rings. The highest BCUT2D eigenvalue weighted by Crippen LogP contribution is 2.42. The van der Waals surface area contributed by atoms with Crippen LogP contribution in [0.2, 0.25) is 5.02 Å². The molecule has 3 aromatic rings. The summed E-state index contributed by atoms with van der Waals surface area (Å²) in [5.41, 5.74) is 1.55. The zero-order valence-corrected chi connectivity index (χ0v) is 26.3. The van der Waals surface area contributed by atoms with Gasteiger partial charge in [-0.1, -0.05) is 29.8 Å². The van der Waals surface area contributed by atoms with Gasteiger partial charge in [0.15, 0.2) is 11.3 Å². The second kappa shape index (κ2) is 13.7. The minimum absolute atomic E-state index is 0.0577. The first kappa shape index (κ1) is 32.6. The molecule has 1 unspecified atom stereocenters. The van der Waals surface area contributed by atoms with Crippen molar-refractivity contribution >= 4 is 35.4 Å². The molecule has 0 spiro atoms. The maximum atomic E-state index is 14.4. The van der Waals surface area contributed by atoms with E-state index in [9.17, 15) is 22.8 Å². The molecule has 9 nitrogen and oxygen atoms in total. The Kier molecular flexibility index (Phi) is 9.93. The van der Waals surface area contributed by atoms with Crippen molar-refractivity contribution in [1.29, 1.82) is 0 Å². The molecule has 2 aliphatic rings. The van der Waals surface area contributed by atoms with Crippen LogP contribution in [0.1, 0.15) is 55.7 Å². The lowest BCUT2D eigenvalue weighted by molar-refractivity contribution is -0.145. The van der Waals surface area contributed by atoms with E-state index in [1.165, 1.54) is 6.92 Å². The van der Waals surface area contributed by atoms with Crippen molar-refractivity contribution in [2.24, 2.45) is 0 Å². The number of anilines is 2. The summed E-state index contributed by atoms with van der Waals surface area (Å²) in [7, 11) is 0. The van der Waals surface area contributed by atoms with Crippen LogP contribution in [0.15, 0.2) is 42.5 Å². The standard InChI is InChI=1S/C32H37ClF3N5O4/c1-4-44-31(43)28-29(32(34,35)36)41(37-30(28)45-20-42)25-6-5-13-40(19-25)27-18-23(33)9-12-26(27)22-7-10-24(11-8-22)39-16-14-38(15-17-39)21(2)3/h7-12,18,20-21,25H,4-6,13-17,19H2,1-3H3. The van der Waals surface area contributed by atoms with Crippen LogP contribution in [0.4, 0.5) is 24.5 Å². The first-order valence-corrected chi connectivity index (χ1v) is 15.5. The maximum absolute atomic E-state index is 14.4. The van der Waals surface area contributed by atoms with Crippen molar-refractivity contribution < 1.29 is 32.2 Å². The van der Waals surface area contributed by atoms with E-state index in [0.29, 0.717) is 30.5 Å². The van der Waals surface area contributed by atoms with Gasteiger partial charge in [0.05, 0.1) is 12.6 Å². The van der Waals surface area contributed by atoms with Gasteiger partial charge >= 0.3 is 12.1 Å². The normalized spacial score (nSPS) is 17.9. The monoisotopic (exact) mass is 647 g/mol. The molecule has 1 atom stereocenters. The van der Waals surface area contributed by atoms with Gasteiger partial charge in [-0.25, -0.2) is 4.79 Å². The largest absolute Gasteiger partial charge is 0.462 e. The number of ether oxygens (including phenoxy) is 2. The molecular weight excluding hydrogens is 611 g/mol. The van der Waals surface area contributed by atoms with Gasteiger partial charge in [-0.3, -0.25) is 14.4 Å².